The van der Waals surface area contributed by atoms with Gasteiger partial charge in [0.05, 0.1) is 10.0 Å². The molecule has 2 nitrogen and oxygen atoms in total. The average Bonchev–Trinajstić information content (AvgIpc) is 2.59. The summed E-state index contributed by atoms with van der Waals surface area (Å²) in [6, 6.07) is 5.37. The summed E-state index contributed by atoms with van der Waals surface area (Å²) < 4.78 is 5.15. The molecule has 0 N–H and O–H groups in total. The van der Waals surface area contributed by atoms with Gasteiger partial charge in [0.2, 0.25) is 0 Å². The Morgan fingerprint density at radius 3 is 2.50 bits per heavy atom. The first-order valence-electron chi connectivity index (χ1n) is 4.60. The van der Waals surface area contributed by atoms with Crippen molar-refractivity contribution in [2.75, 3.05) is 0 Å². The number of nitrogens with zero attached hydrogens (tertiary/aromatic N) is 1. The lowest BCUT2D eigenvalue weighted by atomic mass is 10.1. The Morgan fingerprint density at radius 1 is 1.31 bits per heavy atom. The van der Waals surface area contributed by atoms with Crippen molar-refractivity contribution >= 4 is 39.1 Å². The number of aryl methyl sites for hydroxylation is 1. The van der Waals surface area contributed by atoms with E-state index in [1.165, 1.54) is 0 Å². The minimum atomic E-state index is 0.572. The molecule has 0 aliphatic heterocycles. The van der Waals surface area contributed by atoms with Crippen LogP contribution in [0.15, 0.2) is 22.7 Å². The zero-order valence-electron chi connectivity index (χ0n) is 8.43. The first kappa shape index (κ1) is 12.0. The second-order valence-electron chi connectivity index (χ2n) is 3.30. The Morgan fingerprint density at radius 2 is 1.94 bits per heavy atom. The Balaban J connectivity index is 2.67. The molecular formula is C11H8BrCl2NO. The van der Waals surface area contributed by atoms with E-state index in [2.05, 4.69) is 21.1 Å². The van der Waals surface area contributed by atoms with Gasteiger partial charge in [-0.2, -0.15) is 0 Å². The van der Waals surface area contributed by atoms with Crippen LogP contribution in [-0.2, 0) is 5.33 Å². The van der Waals surface area contributed by atoms with E-state index < -0.39 is 0 Å². The van der Waals surface area contributed by atoms with Crippen LogP contribution in [0.25, 0.3) is 11.3 Å². The third-order valence-corrected chi connectivity index (χ3v) is 3.51. The highest BCUT2D eigenvalue weighted by molar-refractivity contribution is 9.08. The van der Waals surface area contributed by atoms with Crippen molar-refractivity contribution in [2.24, 2.45) is 0 Å². The molecule has 0 aliphatic carbocycles. The van der Waals surface area contributed by atoms with Gasteiger partial charge in [-0.05, 0) is 19.1 Å². The maximum atomic E-state index is 6.12. The normalized spacial score (nSPS) is 10.8. The molecule has 0 amide bonds. The Bertz CT molecular complexity index is 504. The summed E-state index contributed by atoms with van der Waals surface area (Å²) in [7, 11) is 0. The summed E-state index contributed by atoms with van der Waals surface area (Å²) in [6.07, 6.45) is 0. The molecule has 0 bridgehead atoms. The number of halogens is 3. The SMILES string of the molecule is Cc1onc(-c2c(Cl)cccc2Cl)c1CBr. The van der Waals surface area contributed by atoms with Crippen molar-refractivity contribution in [3.05, 3.63) is 39.6 Å². The Labute approximate surface area is 112 Å². The summed E-state index contributed by atoms with van der Waals surface area (Å²) in [5.41, 5.74) is 2.39. The summed E-state index contributed by atoms with van der Waals surface area (Å²) in [4.78, 5) is 0. The quantitative estimate of drug-likeness (QED) is 0.739. The third kappa shape index (κ3) is 1.99. The van der Waals surface area contributed by atoms with E-state index in [-0.39, 0.29) is 0 Å². The van der Waals surface area contributed by atoms with Crippen LogP contribution in [0.2, 0.25) is 10.0 Å². The number of rotatable bonds is 2. The molecular weight excluding hydrogens is 313 g/mol. The highest BCUT2D eigenvalue weighted by atomic mass is 79.9. The largest absolute Gasteiger partial charge is 0.361 e. The zero-order chi connectivity index (χ0) is 11.7. The fourth-order valence-corrected chi connectivity index (χ4v) is 2.71. The van der Waals surface area contributed by atoms with Crippen LogP contribution in [0, 0.1) is 6.92 Å². The van der Waals surface area contributed by atoms with E-state index in [9.17, 15) is 0 Å². The lowest BCUT2D eigenvalue weighted by Crippen LogP contribution is -1.87. The predicted octanol–water partition coefficient (Wildman–Crippen LogP) is 4.85. The Hall–Kier alpha value is -0.510. The van der Waals surface area contributed by atoms with Crippen molar-refractivity contribution in [1.29, 1.82) is 0 Å². The number of benzene rings is 1. The van der Waals surface area contributed by atoms with Gasteiger partial charge in [-0.15, -0.1) is 0 Å². The molecule has 0 saturated heterocycles. The van der Waals surface area contributed by atoms with Gasteiger partial charge in [-0.3, -0.25) is 0 Å². The van der Waals surface area contributed by atoms with Gasteiger partial charge in [0.25, 0.3) is 0 Å². The first-order valence-corrected chi connectivity index (χ1v) is 6.48. The number of aromatic nitrogens is 1. The molecule has 2 rings (SSSR count). The molecule has 0 saturated carbocycles. The summed E-state index contributed by atoms with van der Waals surface area (Å²) in [5, 5.41) is 5.80. The standard InChI is InChI=1S/C11H8BrCl2NO/c1-6-7(5-12)11(15-16-6)10-8(13)3-2-4-9(10)14/h2-4H,5H2,1H3. The number of hydrogen-bond donors (Lipinski definition) is 0. The minimum absolute atomic E-state index is 0.572. The smallest absolute Gasteiger partial charge is 0.138 e. The van der Waals surface area contributed by atoms with E-state index in [1.54, 1.807) is 18.2 Å². The van der Waals surface area contributed by atoms with Crippen LogP contribution >= 0.6 is 39.1 Å². The molecule has 0 atom stereocenters. The fraction of sp³-hybridized carbons (Fsp3) is 0.182. The maximum absolute atomic E-state index is 6.12. The third-order valence-electron chi connectivity index (χ3n) is 2.32. The minimum Gasteiger partial charge on any atom is -0.361 e. The van der Waals surface area contributed by atoms with Crippen LogP contribution in [-0.4, -0.2) is 5.16 Å². The van der Waals surface area contributed by atoms with Crippen molar-refractivity contribution < 1.29 is 4.52 Å². The zero-order valence-corrected chi connectivity index (χ0v) is 11.5. The maximum Gasteiger partial charge on any atom is 0.138 e. The van der Waals surface area contributed by atoms with Gasteiger partial charge in [-0.1, -0.05) is 50.4 Å². The van der Waals surface area contributed by atoms with E-state index in [1.807, 2.05) is 6.92 Å². The van der Waals surface area contributed by atoms with Gasteiger partial charge in [0, 0.05) is 16.5 Å². The molecule has 0 spiro atoms. The molecule has 0 aliphatic rings. The Kier molecular flexibility index (Phi) is 3.57. The van der Waals surface area contributed by atoms with E-state index in [0.717, 1.165) is 16.9 Å². The molecule has 1 aromatic heterocycles. The topological polar surface area (TPSA) is 26.0 Å². The average molecular weight is 321 g/mol. The highest BCUT2D eigenvalue weighted by Gasteiger charge is 2.18. The lowest BCUT2D eigenvalue weighted by Gasteiger charge is -2.04. The molecule has 1 aromatic carbocycles. The van der Waals surface area contributed by atoms with Crippen molar-refractivity contribution in [3.63, 3.8) is 0 Å². The van der Waals surface area contributed by atoms with E-state index in [4.69, 9.17) is 27.7 Å². The molecule has 84 valence electrons. The second-order valence-corrected chi connectivity index (χ2v) is 4.67. The van der Waals surface area contributed by atoms with Crippen LogP contribution < -0.4 is 0 Å². The van der Waals surface area contributed by atoms with Crippen molar-refractivity contribution in [1.82, 2.24) is 5.16 Å². The number of hydrogen-bond acceptors (Lipinski definition) is 2. The van der Waals surface area contributed by atoms with Gasteiger partial charge >= 0.3 is 0 Å². The summed E-state index contributed by atoms with van der Waals surface area (Å²) in [6.45, 7) is 1.86. The van der Waals surface area contributed by atoms with Crippen LogP contribution in [0.1, 0.15) is 11.3 Å². The monoisotopic (exact) mass is 319 g/mol. The van der Waals surface area contributed by atoms with Crippen molar-refractivity contribution in [3.8, 4) is 11.3 Å². The summed E-state index contributed by atoms with van der Waals surface area (Å²) in [5.74, 6) is 0.767. The fourth-order valence-electron chi connectivity index (χ4n) is 1.47. The van der Waals surface area contributed by atoms with Crippen LogP contribution in [0.3, 0.4) is 0 Å². The van der Waals surface area contributed by atoms with E-state index >= 15 is 0 Å². The van der Waals surface area contributed by atoms with Gasteiger partial charge < -0.3 is 4.52 Å². The van der Waals surface area contributed by atoms with E-state index in [0.29, 0.717) is 21.1 Å². The molecule has 0 radical (unpaired) electrons. The van der Waals surface area contributed by atoms with Gasteiger partial charge in [-0.25, -0.2) is 0 Å². The van der Waals surface area contributed by atoms with Gasteiger partial charge in [0.1, 0.15) is 11.5 Å². The molecule has 0 unspecified atom stereocenters. The summed E-state index contributed by atoms with van der Waals surface area (Å²) >= 11 is 15.6. The van der Waals surface area contributed by atoms with Crippen LogP contribution in [0.4, 0.5) is 0 Å². The second kappa shape index (κ2) is 4.78. The molecule has 1 heterocycles. The number of alkyl halides is 1. The predicted molar refractivity (Wildman–Crippen MR) is 69.3 cm³/mol. The van der Waals surface area contributed by atoms with Gasteiger partial charge in [0.15, 0.2) is 0 Å². The molecule has 5 heteroatoms. The molecule has 16 heavy (non-hydrogen) atoms. The van der Waals surface area contributed by atoms with Crippen LogP contribution in [0.5, 0.6) is 0 Å². The first-order chi connectivity index (χ1) is 7.65. The molecule has 0 fully saturated rings. The van der Waals surface area contributed by atoms with Crippen molar-refractivity contribution in [2.45, 2.75) is 12.3 Å². The highest BCUT2D eigenvalue weighted by Crippen LogP contribution is 2.37. The lowest BCUT2D eigenvalue weighted by molar-refractivity contribution is 0.398. The molecule has 2 aromatic rings.